The third kappa shape index (κ3) is 7.14. The lowest BCUT2D eigenvalue weighted by Crippen LogP contribution is -2.21. The molecule has 14 heteroatoms. The van der Waals surface area contributed by atoms with Crippen molar-refractivity contribution in [3.8, 4) is 0 Å². The highest BCUT2D eigenvalue weighted by Crippen LogP contribution is 2.07. The summed E-state index contributed by atoms with van der Waals surface area (Å²) in [6, 6.07) is -0.833. The number of amides is 3. The topological polar surface area (TPSA) is 240 Å². The van der Waals surface area contributed by atoms with Gasteiger partial charge in [0.2, 0.25) is 0 Å². The number of fused-ring (bicyclic) bond motifs is 1. The maximum Gasteiger partial charge on any atom is 0.327 e. The number of rotatable bonds is 5. The fraction of sp³-hybridized carbons (Fsp3) is 0.375. The van der Waals surface area contributed by atoms with Gasteiger partial charge in [-0.25, -0.2) is 9.59 Å². The number of urea groups is 1. The van der Waals surface area contributed by atoms with E-state index in [9.17, 15) is 14.4 Å². The molecule has 0 radical (unpaired) electrons. The summed E-state index contributed by atoms with van der Waals surface area (Å²) >= 11 is 0. The molecule has 3 aromatic heterocycles. The zero-order valence-electron chi connectivity index (χ0n) is 16.7. The van der Waals surface area contributed by atoms with Gasteiger partial charge in [-0.3, -0.25) is 28.9 Å². The van der Waals surface area contributed by atoms with Gasteiger partial charge in [0.1, 0.15) is 10.9 Å². The van der Waals surface area contributed by atoms with E-state index in [1.807, 2.05) is 13.8 Å². The molecule has 0 saturated heterocycles. The fourth-order valence-corrected chi connectivity index (χ4v) is 2.30. The maximum absolute atomic E-state index is 11.3. The van der Waals surface area contributed by atoms with E-state index in [4.69, 9.17) is 16.3 Å². The number of carbonyl (C=O) groups is 2. The Bertz CT molecular complexity index is 1100. The number of aromatic nitrogens is 6. The standard InChI is InChI=1S/C8H10N4O2.C7H12N4O.CH4N2O/c1-2-3-12-4-5-6(11-12)9-8(14)10-7(5)13;1-2-3-11-4-5(7(9)12)6(8)10-11;2-1(3)4/h4H,2-3H2,1H3,(H2,9,10,11,13,14);4H,2-3H2,1H3,(H2,8,10)(H2,9,12);(H4,2,3,4). The normalized spacial score (nSPS) is 9.93. The van der Waals surface area contributed by atoms with Crippen molar-refractivity contribution in [3.05, 3.63) is 38.8 Å². The number of carbonyl (C=O) groups excluding carboxylic acids is 2. The van der Waals surface area contributed by atoms with Crippen LogP contribution in [0.4, 0.5) is 10.6 Å². The Morgan fingerprint density at radius 2 is 1.50 bits per heavy atom. The summed E-state index contributed by atoms with van der Waals surface area (Å²) in [7, 11) is 0. The molecular weight excluding hydrogens is 396 g/mol. The van der Waals surface area contributed by atoms with Crippen LogP contribution >= 0.6 is 0 Å². The molecular formula is C16H26N10O4. The van der Waals surface area contributed by atoms with E-state index in [0.29, 0.717) is 16.6 Å². The molecule has 164 valence electrons. The molecule has 0 saturated carbocycles. The molecule has 0 bridgehead atoms. The van der Waals surface area contributed by atoms with Crippen LogP contribution in [0.5, 0.6) is 0 Å². The molecule has 3 aromatic rings. The van der Waals surface area contributed by atoms with Gasteiger partial charge in [-0.1, -0.05) is 13.8 Å². The van der Waals surface area contributed by atoms with E-state index in [1.165, 1.54) is 0 Å². The average molecular weight is 422 g/mol. The monoisotopic (exact) mass is 422 g/mol. The average Bonchev–Trinajstić information content (AvgIpc) is 3.19. The molecule has 0 fully saturated rings. The van der Waals surface area contributed by atoms with Crippen LogP contribution in [-0.4, -0.2) is 41.5 Å². The van der Waals surface area contributed by atoms with Crippen molar-refractivity contribution in [2.45, 2.75) is 39.8 Å². The van der Waals surface area contributed by atoms with Gasteiger partial charge in [-0.15, -0.1) is 0 Å². The number of hydrogen-bond acceptors (Lipinski definition) is 7. The number of H-pyrrole nitrogens is 2. The van der Waals surface area contributed by atoms with Gasteiger partial charge in [0, 0.05) is 25.5 Å². The lowest BCUT2D eigenvalue weighted by molar-refractivity contribution is 0.100. The second kappa shape index (κ2) is 11.0. The number of aryl methyl sites for hydroxylation is 2. The Hall–Kier alpha value is -4.10. The number of hydrogen-bond donors (Lipinski definition) is 6. The number of primary amides is 3. The zero-order chi connectivity index (χ0) is 22.8. The van der Waals surface area contributed by atoms with Crippen LogP contribution in [0.3, 0.4) is 0 Å². The van der Waals surface area contributed by atoms with E-state index in [0.717, 1.165) is 25.9 Å². The van der Waals surface area contributed by atoms with Crippen molar-refractivity contribution in [2.24, 2.45) is 17.2 Å². The van der Waals surface area contributed by atoms with Crippen LogP contribution in [0, 0.1) is 0 Å². The third-order valence-electron chi connectivity index (χ3n) is 3.43. The molecule has 3 heterocycles. The minimum absolute atomic E-state index is 0.205. The van der Waals surface area contributed by atoms with E-state index in [2.05, 4.69) is 31.6 Å². The second-order valence-electron chi connectivity index (χ2n) is 6.02. The van der Waals surface area contributed by atoms with E-state index in [-0.39, 0.29) is 5.82 Å². The van der Waals surface area contributed by atoms with Crippen molar-refractivity contribution >= 4 is 28.8 Å². The maximum atomic E-state index is 11.3. The number of nitrogens with one attached hydrogen (secondary N) is 2. The first-order chi connectivity index (χ1) is 14.1. The molecule has 0 aromatic carbocycles. The predicted molar refractivity (Wildman–Crippen MR) is 110 cm³/mol. The van der Waals surface area contributed by atoms with Crippen molar-refractivity contribution in [1.82, 2.24) is 29.5 Å². The Balaban J connectivity index is 0.000000258. The quantitative estimate of drug-likeness (QED) is 0.293. The highest BCUT2D eigenvalue weighted by molar-refractivity contribution is 5.96. The minimum atomic E-state index is -0.833. The first-order valence-corrected chi connectivity index (χ1v) is 8.96. The molecule has 0 atom stereocenters. The molecule has 3 rings (SSSR count). The molecule has 10 N–H and O–H groups in total. The van der Waals surface area contributed by atoms with Crippen LogP contribution in [0.1, 0.15) is 37.0 Å². The van der Waals surface area contributed by atoms with Gasteiger partial charge in [0.15, 0.2) is 11.5 Å². The number of aromatic amines is 2. The Morgan fingerprint density at radius 1 is 0.967 bits per heavy atom. The lowest BCUT2D eigenvalue weighted by atomic mass is 10.3. The van der Waals surface area contributed by atoms with Crippen molar-refractivity contribution in [3.63, 3.8) is 0 Å². The molecule has 0 unspecified atom stereocenters. The molecule has 0 aliphatic carbocycles. The zero-order valence-corrected chi connectivity index (χ0v) is 16.7. The summed E-state index contributed by atoms with van der Waals surface area (Å²) in [5.41, 5.74) is 18.7. The van der Waals surface area contributed by atoms with Crippen molar-refractivity contribution < 1.29 is 9.59 Å². The van der Waals surface area contributed by atoms with E-state index < -0.39 is 23.2 Å². The number of anilines is 1. The van der Waals surface area contributed by atoms with Gasteiger partial charge in [-0.2, -0.15) is 10.2 Å². The SMILES string of the molecule is CCCn1cc(C(N)=O)c(N)n1.CCCn1cc2c(=O)[nH]c(=O)[nH]c2n1.NC(N)=O. The molecule has 14 nitrogen and oxygen atoms in total. The summed E-state index contributed by atoms with van der Waals surface area (Å²) in [6.07, 6.45) is 5.07. The van der Waals surface area contributed by atoms with Crippen LogP contribution in [0.15, 0.2) is 22.0 Å². The number of nitrogens with two attached hydrogens (primary N) is 4. The Labute approximate surface area is 170 Å². The largest absolute Gasteiger partial charge is 0.382 e. The molecule has 3 amide bonds. The molecule has 0 aliphatic heterocycles. The van der Waals surface area contributed by atoms with Crippen LogP contribution < -0.4 is 34.2 Å². The minimum Gasteiger partial charge on any atom is -0.382 e. The molecule has 0 spiro atoms. The van der Waals surface area contributed by atoms with Crippen molar-refractivity contribution in [2.75, 3.05) is 5.73 Å². The Kier molecular flexibility index (Phi) is 8.81. The van der Waals surface area contributed by atoms with Gasteiger partial charge in [0.05, 0.1) is 0 Å². The summed E-state index contributed by atoms with van der Waals surface area (Å²) < 4.78 is 3.27. The second-order valence-corrected chi connectivity index (χ2v) is 6.02. The smallest absolute Gasteiger partial charge is 0.327 e. The highest BCUT2D eigenvalue weighted by atomic mass is 16.2. The summed E-state index contributed by atoms with van der Waals surface area (Å²) in [5, 5.41) is 8.40. The first-order valence-electron chi connectivity index (χ1n) is 8.96. The van der Waals surface area contributed by atoms with E-state index in [1.54, 1.807) is 21.8 Å². The van der Waals surface area contributed by atoms with Gasteiger partial charge >= 0.3 is 11.7 Å². The fourth-order valence-electron chi connectivity index (χ4n) is 2.30. The van der Waals surface area contributed by atoms with Gasteiger partial charge in [-0.05, 0) is 12.8 Å². The van der Waals surface area contributed by atoms with E-state index >= 15 is 0 Å². The summed E-state index contributed by atoms with van der Waals surface area (Å²) in [4.78, 5) is 46.5. The summed E-state index contributed by atoms with van der Waals surface area (Å²) in [6.45, 7) is 5.51. The van der Waals surface area contributed by atoms with Crippen molar-refractivity contribution in [1.29, 1.82) is 0 Å². The highest BCUT2D eigenvalue weighted by Gasteiger charge is 2.09. The first kappa shape index (κ1) is 23.9. The molecule has 30 heavy (non-hydrogen) atoms. The van der Waals surface area contributed by atoms with Gasteiger partial charge in [0.25, 0.3) is 11.5 Å². The van der Waals surface area contributed by atoms with Gasteiger partial charge < -0.3 is 22.9 Å². The molecule has 0 aliphatic rings. The van der Waals surface area contributed by atoms with Crippen LogP contribution in [0.2, 0.25) is 0 Å². The number of nitrogens with zero attached hydrogens (tertiary/aromatic N) is 4. The third-order valence-corrected chi connectivity index (χ3v) is 3.43. The van der Waals surface area contributed by atoms with Crippen LogP contribution in [-0.2, 0) is 13.1 Å². The summed E-state index contributed by atoms with van der Waals surface area (Å²) in [5.74, 6) is -0.328. The Morgan fingerprint density at radius 3 is 1.97 bits per heavy atom. The lowest BCUT2D eigenvalue weighted by Gasteiger charge is -1.93. The van der Waals surface area contributed by atoms with Crippen LogP contribution in [0.25, 0.3) is 11.0 Å². The number of nitrogen functional groups attached to an aromatic ring is 1. The predicted octanol–water partition coefficient (Wildman–Crippen LogP) is -1.18.